The van der Waals surface area contributed by atoms with Gasteiger partial charge >= 0.3 is 6.09 Å². The van der Waals surface area contributed by atoms with Crippen LogP contribution in [-0.2, 0) is 13.9 Å². The molecule has 7 rings (SSSR count). The lowest BCUT2D eigenvalue weighted by Gasteiger charge is -2.64. The lowest BCUT2D eigenvalue weighted by Crippen LogP contribution is -2.60. The van der Waals surface area contributed by atoms with Gasteiger partial charge in [-0.3, -0.25) is 0 Å². The van der Waals surface area contributed by atoms with Crippen LogP contribution in [0.3, 0.4) is 0 Å². The second kappa shape index (κ2) is 11.5. The Bertz CT molecular complexity index is 1210. The number of hydrogen-bond acceptors (Lipinski definition) is 4. The van der Waals surface area contributed by atoms with Gasteiger partial charge in [-0.1, -0.05) is 76.2 Å². The molecule has 2 saturated heterocycles. The van der Waals surface area contributed by atoms with E-state index in [1.54, 1.807) is 0 Å². The van der Waals surface area contributed by atoms with Gasteiger partial charge in [-0.25, -0.2) is 4.79 Å². The number of likely N-dealkylation sites (tertiary alicyclic amines) is 1. The van der Waals surface area contributed by atoms with Crippen LogP contribution in [0, 0.1) is 62.6 Å². The molecular formula is C41H71NO4Si. The minimum Gasteiger partial charge on any atom is -0.443 e. The average Bonchev–Trinajstić information content (AvgIpc) is 3.63. The standard InChI is InChI=1S/C41H71NO4Si/c1-12-47(13-2,14-3)46-35-34-32(27(6)24-29(44-34)33(26(4)5)45-36(43)42-22-15-23-42)38(10)20-21-41-25-40(41)19-18-28(7)37(8,9)30(40)16-17-31(41)39(35,38)11/h26-35H,12-25H2,1-11H3/t27-,28+,29-,30+,31+,32+,33-,34+,35+,38-,39-,40-,41+/m1/s1. The van der Waals surface area contributed by atoms with E-state index in [0.717, 1.165) is 37.8 Å². The minimum absolute atomic E-state index is 0.0737. The van der Waals surface area contributed by atoms with Gasteiger partial charge in [0, 0.05) is 18.5 Å². The van der Waals surface area contributed by atoms with E-state index in [0.29, 0.717) is 34.0 Å². The fourth-order valence-electron chi connectivity index (χ4n) is 14.5. The van der Waals surface area contributed by atoms with Gasteiger partial charge in [-0.15, -0.1) is 0 Å². The van der Waals surface area contributed by atoms with Gasteiger partial charge < -0.3 is 18.8 Å². The first-order chi connectivity index (χ1) is 22.1. The molecule has 5 nitrogen and oxygen atoms in total. The lowest BCUT2D eigenvalue weighted by molar-refractivity contribution is -0.179. The van der Waals surface area contributed by atoms with E-state index in [2.05, 4.69) is 76.2 Å². The maximum atomic E-state index is 13.2. The molecule has 268 valence electrons. The third-order valence-electron chi connectivity index (χ3n) is 18.0. The quantitative estimate of drug-likeness (QED) is 0.241. The Morgan fingerprint density at radius 3 is 2.15 bits per heavy atom. The highest BCUT2D eigenvalue weighted by Gasteiger charge is 2.84. The van der Waals surface area contributed by atoms with E-state index in [1.165, 1.54) is 63.1 Å². The normalized spacial score (nSPS) is 48.7. The first-order valence-electron chi connectivity index (χ1n) is 20.4. The van der Waals surface area contributed by atoms with Crippen LogP contribution in [0.4, 0.5) is 4.79 Å². The van der Waals surface area contributed by atoms with Crippen molar-refractivity contribution in [1.29, 1.82) is 0 Å². The summed E-state index contributed by atoms with van der Waals surface area (Å²) in [5.74, 6) is 3.60. The van der Waals surface area contributed by atoms with Crippen molar-refractivity contribution < 1.29 is 18.7 Å². The SMILES string of the molecule is CC[Si](CC)(CC)O[C@H]1[C@H]2O[C@@H]([C@H](OC(=O)N3CCC3)C(C)C)C[C@@H](C)[C@@H]2[C@@]2(C)CC[C@@]34C[C@@]35CC[C@H](C)C(C)(C)[C@@H]5CC[C@H]4[C@]12C. The number of rotatable bonds is 8. The molecule has 0 bridgehead atoms. The highest BCUT2D eigenvalue weighted by molar-refractivity contribution is 6.73. The molecule has 13 atom stereocenters. The molecule has 0 unspecified atom stereocenters. The molecule has 2 aliphatic heterocycles. The van der Waals surface area contributed by atoms with Gasteiger partial charge in [0.25, 0.3) is 0 Å². The molecule has 5 aliphatic carbocycles. The summed E-state index contributed by atoms with van der Waals surface area (Å²) in [6.45, 7) is 29.0. The average molecular weight is 670 g/mol. The molecule has 1 amide bonds. The summed E-state index contributed by atoms with van der Waals surface area (Å²) >= 11 is 0. The van der Waals surface area contributed by atoms with Gasteiger partial charge in [0.1, 0.15) is 6.10 Å². The Hall–Kier alpha value is -0.593. The Labute approximate surface area is 289 Å². The van der Waals surface area contributed by atoms with E-state index < -0.39 is 8.32 Å². The predicted octanol–water partition coefficient (Wildman–Crippen LogP) is 10.3. The second-order valence-electron chi connectivity index (χ2n) is 19.7. The van der Waals surface area contributed by atoms with Crippen molar-refractivity contribution in [3.8, 4) is 0 Å². The van der Waals surface area contributed by atoms with Crippen LogP contribution < -0.4 is 0 Å². The van der Waals surface area contributed by atoms with Crippen molar-refractivity contribution in [2.24, 2.45) is 62.6 Å². The Morgan fingerprint density at radius 1 is 0.915 bits per heavy atom. The Kier molecular flexibility index (Phi) is 8.49. The molecule has 47 heavy (non-hydrogen) atoms. The molecule has 6 heteroatoms. The van der Waals surface area contributed by atoms with Crippen LogP contribution in [0.15, 0.2) is 0 Å². The summed E-state index contributed by atoms with van der Waals surface area (Å²) in [6, 6.07) is 3.53. The molecule has 2 heterocycles. The second-order valence-corrected chi connectivity index (χ2v) is 24.4. The Morgan fingerprint density at radius 2 is 1.55 bits per heavy atom. The van der Waals surface area contributed by atoms with Crippen LogP contribution in [0.5, 0.6) is 0 Å². The van der Waals surface area contributed by atoms with Gasteiger partial charge in [-0.05, 0) is 133 Å². The monoisotopic (exact) mass is 670 g/mol. The zero-order valence-corrected chi connectivity index (χ0v) is 33.3. The van der Waals surface area contributed by atoms with Gasteiger partial charge in [-0.2, -0.15) is 0 Å². The number of hydrogen-bond donors (Lipinski definition) is 0. The number of carbonyl (C=O) groups is 1. The van der Waals surface area contributed by atoms with Crippen LogP contribution in [0.1, 0.15) is 134 Å². The number of ether oxygens (including phenoxy) is 2. The molecule has 0 radical (unpaired) electrons. The summed E-state index contributed by atoms with van der Waals surface area (Å²) in [4.78, 5) is 15.0. The maximum Gasteiger partial charge on any atom is 0.410 e. The van der Waals surface area contributed by atoms with Crippen molar-refractivity contribution in [1.82, 2.24) is 4.90 Å². The molecule has 0 aromatic rings. The molecule has 0 N–H and O–H groups in total. The van der Waals surface area contributed by atoms with Gasteiger partial charge in [0.2, 0.25) is 0 Å². The van der Waals surface area contributed by atoms with E-state index in [1.807, 2.05) is 4.90 Å². The molecule has 0 aromatic heterocycles. The van der Waals surface area contributed by atoms with Crippen LogP contribution in [-0.4, -0.2) is 56.8 Å². The predicted molar refractivity (Wildman–Crippen MR) is 193 cm³/mol. The fraction of sp³-hybridized carbons (Fsp3) is 0.976. The van der Waals surface area contributed by atoms with Gasteiger partial charge in [0.15, 0.2) is 8.32 Å². The molecule has 5 saturated carbocycles. The molecule has 2 spiro atoms. The van der Waals surface area contributed by atoms with E-state index in [9.17, 15) is 4.79 Å². The van der Waals surface area contributed by atoms with Crippen molar-refractivity contribution in [3.05, 3.63) is 0 Å². The zero-order chi connectivity index (χ0) is 33.9. The molecular weight excluding hydrogens is 599 g/mol. The summed E-state index contributed by atoms with van der Waals surface area (Å²) in [7, 11) is -1.95. The van der Waals surface area contributed by atoms with Crippen LogP contribution in [0.2, 0.25) is 18.1 Å². The first-order valence-corrected chi connectivity index (χ1v) is 22.9. The summed E-state index contributed by atoms with van der Waals surface area (Å²) in [6.07, 6.45) is 11.6. The lowest BCUT2D eigenvalue weighted by atomic mass is 9.41. The highest BCUT2D eigenvalue weighted by Crippen LogP contribution is 2.89. The van der Waals surface area contributed by atoms with Crippen molar-refractivity contribution >= 4 is 14.4 Å². The number of nitrogens with zero attached hydrogens (tertiary/aromatic N) is 1. The summed E-state index contributed by atoms with van der Waals surface area (Å²) < 4.78 is 21.8. The van der Waals surface area contributed by atoms with Gasteiger partial charge in [0.05, 0.1) is 18.3 Å². The van der Waals surface area contributed by atoms with Crippen LogP contribution >= 0.6 is 0 Å². The van der Waals surface area contributed by atoms with Crippen molar-refractivity contribution in [2.75, 3.05) is 13.1 Å². The largest absolute Gasteiger partial charge is 0.443 e. The molecule has 0 aromatic carbocycles. The Balaban J connectivity index is 1.28. The summed E-state index contributed by atoms with van der Waals surface area (Å²) in [5.41, 5.74) is 1.75. The van der Waals surface area contributed by atoms with Crippen molar-refractivity contribution in [2.45, 2.75) is 176 Å². The summed E-state index contributed by atoms with van der Waals surface area (Å²) in [5, 5.41) is 0. The van der Waals surface area contributed by atoms with E-state index >= 15 is 0 Å². The fourth-order valence-corrected chi connectivity index (χ4v) is 17.4. The topological polar surface area (TPSA) is 48.0 Å². The van der Waals surface area contributed by atoms with E-state index in [4.69, 9.17) is 13.9 Å². The maximum absolute atomic E-state index is 13.2. The minimum atomic E-state index is -1.95. The number of fused-ring (bicyclic) bond motifs is 4. The first kappa shape index (κ1) is 34.8. The number of amides is 1. The highest BCUT2D eigenvalue weighted by atomic mass is 28.4. The third kappa shape index (κ3) is 4.53. The zero-order valence-electron chi connectivity index (χ0n) is 32.3. The van der Waals surface area contributed by atoms with Crippen molar-refractivity contribution in [3.63, 3.8) is 0 Å². The van der Waals surface area contributed by atoms with Crippen LogP contribution in [0.25, 0.3) is 0 Å². The smallest absolute Gasteiger partial charge is 0.410 e. The molecule has 7 fully saturated rings. The number of carbonyl (C=O) groups excluding carboxylic acids is 1. The third-order valence-corrected chi connectivity index (χ3v) is 22.6. The molecule has 7 aliphatic rings. The van der Waals surface area contributed by atoms with E-state index in [-0.39, 0.29) is 47.3 Å².